The van der Waals surface area contributed by atoms with E-state index in [4.69, 9.17) is 9.47 Å². The molecule has 3 nitrogen and oxygen atoms in total. The highest BCUT2D eigenvalue weighted by Crippen LogP contribution is 2.48. The van der Waals surface area contributed by atoms with E-state index in [0.29, 0.717) is 11.5 Å². The molecule has 0 atom stereocenters. The molecule has 0 amide bonds. The number of hydrogen-bond donors (Lipinski definition) is 0. The first kappa shape index (κ1) is 19.5. The fourth-order valence-electron chi connectivity index (χ4n) is 3.86. The van der Waals surface area contributed by atoms with Crippen molar-refractivity contribution in [3.63, 3.8) is 0 Å². The predicted octanol–water partition coefficient (Wildman–Crippen LogP) is 4.89. The quantitative estimate of drug-likeness (QED) is 0.377. The van der Waals surface area contributed by atoms with Gasteiger partial charge < -0.3 is 14.0 Å². The Hall–Kier alpha value is -1.78. The fourth-order valence-corrected chi connectivity index (χ4v) is 8.54. The van der Waals surface area contributed by atoms with Crippen LogP contribution in [0.5, 0.6) is 11.5 Å². The topological polar surface area (TPSA) is 35.5 Å². The highest BCUT2D eigenvalue weighted by Gasteiger charge is 2.35. The third-order valence-corrected chi connectivity index (χ3v) is 9.46. The maximum absolute atomic E-state index is 14.9. The van der Waals surface area contributed by atoms with Crippen molar-refractivity contribution in [1.29, 1.82) is 0 Å². The molecule has 3 aromatic carbocycles. The van der Waals surface area contributed by atoms with Gasteiger partial charge in [-0.25, -0.2) is 0 Å². The van der Waals surface area contributed by atoms with Gasteiger partial charge in [0, 0.05) is 15.9 Å². The molecule has 0 saturated heterocycles. The first-order valence-corrected chi connectivity index (χ1v) is 11.9. The maximum Gasteiger partial charge on any atom is 0.231 e. The first-order chi connectivity index (χ1) is 13.3. The SMILES string of the molecule is Cc1cc(C)cc(P(=O)(c2cc(C)cc(C)c2)c2ccc3c(c2I)OCO3)c1. The van der Waals surface area contributed by atoms with Gasteiger partial charge >= 0.3 is 0 Å². The van der Waals surface area contributed by atoms with Crippen molar-refractivity contribution in [2.75, 3.05) is 6.79 Å². The Morgan fingerprint density at radius 1 is 0.786 bits per heavy atom. The zero-order valence-corrected chi connectivity index (χ0v) is 19.4. The third kappa shape index (κ3) is 3.27. The molecular weight excluding hydrogens is 482 g/mol. The molecule has 0 N–H and O–H groups in total. The Balaban J connectivity index is 2.07. The predicted molar refractivity (Wildman–Crippen MR) is 124 cm³/mol. The van der Waals surface area contributed by atoms with Gasteiger partial charge in [-0.1, -0.05) is 34.4 Å². The summed E-state index contributed by atoms with van der Waals surface area (Å²) in [6.45, 7) is 8.39. The second-order valence-corrected chi connectivity index (χ2v) is 11.2. The normalized spacial score (nSPS) is 13.0. The Morgan fingerprint density at radius 3 is 1.79 bits per heavy atom. The van der Waals surface area contributed by atoms with Crippen LogP contribution in [0.3, 0.4) is 0 Å². The van der Waals surface area contributed by atoms with Crippen LogP contribution in [0.15, 0.2) is 48.5 Å². The molecule has 0 unspecified atom stereocenters. The number of ether oxygens (including phenoxy) is 2. The highest BCUT2D eigenvalue weighted by molar-refractivity contribution is 14.1. The third-order valence-electron chi connectivity index (χ3n) is 4.94. The summed E-state index contributed by atoms with van der Waals surface area (Å²) in [7, 11) is -3.10. The fraction of sp³-hybridized carbons (Fsp3) is 0.217. The van der Waals surface area contributed by atoms with Gasteiger partial charge in [-0.05, 0) is 86.7 Å². The molecule has 0 aliphatic carbocycles. The van der Waals surface area contributed by atoms with E-state index < -0.39 is 7.14 Å². The standard InChI is InChI=1S/C23H22IO3P/c1-14-7-15(2)10-18(9-14)28(25,19-11-16(3)8-17(4)12-19)21-6-5-20-23(22(21)24)27-13-26-20/h5-12H,13H2,1-4H3. The Kier molecular flexibility index (Phi) is 5.05. The number of aryl methyl sites for hydroxylation is 4. The number of hydrogen-bond acceptors (Lipinski definition) is 3. The summed E-state index contributed by atoms with van der Waals surface area (Å²) in [5.74, 6) is 1.40. The molecule has 0 saturated carbocycles. The van der Waals surface area contributed by atoms with Crippen LogP contribution in [0.2, 0.25) is 0 Å². The van der Waals surface area contributed by atoms with Crippen LogP contribution in [0, 0.1) is 31.3 Å². The van der Waals surface area contributed by atoms with Gasteiger partial charge in [0.2, 0.25) is 6.79 Å². The van der Waals surface area contributed by atoms with E-state index in [2.05, 4.69) is 34.7 Å². The lowest BCUT2D eigenvalue weighted by Gasteiger charge is -2.23. The molecule has 4 rings (SSSR count). The van der Waals surface area contributed by atoms with Crippen LogP contribution in [0.4, 0.5) is 0 Å². The van der Waals surface area contributed by atoms with E-state index >= 15 is 0 Å². The minimum Gasteiger partial charge on any atom is -0.454 e. The van der Waals surface area contributed by atoms with Crippen molar-refractivity contribution in [3.8, 4) is 11.5 Å². The van der Waals surface area contributed by atoms with Crippen LogP contribution in [-0.4, -0.2) is 6.79 Å². The Labute approximate surface area is 179 Å². The molecule has 5 heteroatoms. The van der Waals surface area contributed by atoms with E-state index in [1.54, 1.807) is 0 Å². The lowest BCUT2D eigenvalue weighted by atomic mass is 10.2. The summed E-state index contributed by atoms with van der Waals surface area (Å²) >= 11 is 2.24. The number of fused-ring (bicyclic) bond motifs is 1. The van der Waals surface area contributed by atoms with Crippen molar-refractivity contribution in [1.82, 2.24) is 0 Å². The first-order valence-electron chi connectivity index (χ1n) is 9.15. The smallest absolute Gasteiger partial charge is 0.231 e. The van der Waals surface area contributed by atoms with Crippen molar-refractivity contribution in [3.05, 3.63) is 74.4 Å². The molecule has 144 valence electrons. The summed E-state index contributed by atoms with van der Waals surface area (Å²) in [4.78, 5) is 0. The average Bonchev–Trinajstić information content (AvgIpc) is 3.09. The van der Waals surface area contributed by atoms with Gasteiger partial charge in [-0.2, -0.15) is 0 Å². The molecule has 28 heavy (non-hydrogen) atoms. The molecule has 0 spiro atoms. The molecule has 3 aromatic rings. The number of halogens is 1. The lowest BCUT2D eigenvalue weighted by Crippen LogP contribution is -2.28. The summed E-state index contributed by atoms with van der Waals surface area (Å²) in [6, 6.07) is 16.2. The van der Waals surface area contributed by atoms with Gasteiger partial charge in [-0.3, -0.25) is 0 Å². The average molecular weight is 504 g/mol. The minimum atomic E-state index is -3.10. The second-order valence-electron chi connectivity index (χ2n) is 7.43. The summed E-state index contributed by atoms with van der Waals surface area (Å²) < 4.78 is 27.0. The summed E-state index contributed by atoms with van der Waals surface area (Å²) in [5.41, 5.74) is 4.43. The zero-order valence-electron chi connectivity index (χ0n) is 16.4. The van der Waals surface area contributed by atoms with Gasteiger partial charge in [0.05, 0.1) is 3.57 Å². The molecule has 0 aromatic heterocycles. The molecule has 1 aliphatic heterocycles. The van der Waals surface area contributed by atoms with Crippen LogP contribution < -0.4 is 25.4 Å². The second kappa shape index (κ2) is 7.23. The molecule has 0 radical (unpaired) electrons. The largest absolute Gasteiger partial charge is 0.454 e. The van der Waals surface area contributed by atoms with Gasteiger partial charge in [0.15, 0.2) is 18.6 Å². The highest BCUT2D eigenvalue weighted by atomic mass is 127. The van der Waals surface area contributed by atoms with Crippen molar-refractivity contribution in [2.45, 2.75) is 27.7 Å². The minimum absolute atomic E-state index is 0.201. The van der Waals surface area contributed by atoms with Crippen LogP contribution in [0.25, 0.3) is 0 Å². The molecule has 1 aliphatic rings. The van der Waals surface area contributed by atoms with E-state index in [1.165, 1.54) is 0 Å². The van der Waals surface area contributed by atoms with Gasteiger partial charge in [0.25, 0.3) is 0 Å². The Bertz CT molecular complexity index is 1040. The van der Waals surface area contributed by atoms with E-state index in [-0.39, 0.29) is 6.79 Å². The van der Waals surface area contributed by atoms with E-state index in [9.17, 15) is 4.57 Å². The van der Waals surface area contributed by atoms with Crippen molar-refractivity contribution < 1.29 is 14.0 Å². The zero-order chi connectivity index (χ0) is 20.1. The van der Waals surface area contributed by atoms with E-state index in [1.807, 2.05) is 64.1 Å². The molecule has 0 fully saturated rings. The van der Waals surface area contributed by atoms with Crippen molar-refractivity contribution >= 4 is 45.6 Å². The molecule has 0 bridgehead atoms. The number of rotatable bonds is 3. The van der Waals surface area contributed by atoms with Crippen LogP contribution >= 0.6 is 29.7 Å². The number of benzene rings is 3. The summed E-state index contributed by atoms with van der Waals surface area (Å²) in [6.07, 6.45) is 0. The molecular formula is C23H22IO3P. The maximum atomic E-state index is 14.9. The van der Waals surface area contributed by atoms with Crippen molar-refractivity contribution in [2.24, 2.45) is 0 Å². The van der Waals surface area contributed by atoms with Gasteiger partial charge in [-0.15, -0.1) is 0 Å². The van der Waals surface area contributed by atoms with Crippen LogP contribution in [0.1, 0.15) is 22.3 Å². The summed E-state index contributed by atoms with van der Waals surface area (Å²) in [5, 5.41) is 2.51. The van der Waals surface area contributed by atoms with Crippen LogP contribution in [-0.2, 0) is 4.57 Å². The Morgan fingerprint density at radius 2 is 1.29 bits per heavy atom. The molecule has 1 heterocycles. The monoisotopic (exact) mass is 504 g/mol. The lowest BCUT2D eigenvalue weighted by molar-refractivity contribution is 0.173. The van der Waals surface area contributed by atoms with Gasteiger partial charge in [0.1, 0.15) is 0 Å². The van der Waals surface area contributed by atoms with E-state index in [0.717, 1.165) is 41.7 Å².